The fourth-order valence-electron chi connectivity index (χ4n) is 1.84. The third-order valence-corrected chi connectivity index (χ3v) is 3.01. The molecule has 0 heterocycles. The number of ether oxygens (including phenoxy) is 1. The molecule has 2 aromatic rings. The number of hydrogen-bond donors (Lipinski definition) is 2. The van der Waals surface area contributed by atoms with Crippen molar-refractivity contribution >= 4 is 18.0 Å². The number of hydrazone groups is 1. The van der Waals surface area contributed by atoms with Crippen molar-refractivity contribution < 1.29 is 14.3 Å². The maximum absolute atomic E-state index is 11.6. The number of aryl methyl sites for hydroxylation is 1. The second-order valence-electron chi connectivity index (χ2n) is 5.09. The molecular formula is C18H19N3O3. The first-order valence-corrected chi connectivity index (χ1v) is 7.46. The van der Waals surface area contributed by atoms with Crippen LogP contribution in [-0.2, 0) is 9.59 Å². The third kappa shape index (κ3) is 6.31. The maximum Gasteiger partial charge on any atom is 0.259 e. The Morgan fingerprint density at radius 2 is 1.88 bits per heavy atom. The van der Waals surface area contributed by atoms with Crippen molar-refractivity contribution in [1.29, 1.82) is 0 Å². The molecule has 0 atom stereocenters. The lowest BCUT2D eigenvalue weighted by atomic mass is 10.2. The topological polar surface area (TPSA) is 79.8 Å². The van der Waals surface area contributed by atoms with Crippen LogP contribution in [0.5, 0.6) is 5.75 Å². The van der Waals surface area contributed by atoms with Crippen molar-refractivity contribution in [2.75, 3.05) is 13.2 Å². The summed E-state index contributed by atoms with van der Waals surface area (Å²) in [4.78, 5) is 23.2. The number of benzene rings is 2. The molecule has 2 amide bonds. The van der Waals surface area contributed by atoms with Crippen molar-refractivity contribution in [3.63, 3.8) is 0 Å². The van der Waals surface area contributed by atoms with Gasteiger partial charge >= 0.3 is 0 Å². The molecule has 6 heteroatoms. The number of carbonyl (C=O) groups excluding carboxylic acids is 2. The van der Waals surface area contributed by atoms with Gasteiger partial charge in [-0.25, -0.2) is 5.43 Å². The molecule has 0 saturated carbocycles. The van der Waals surface area contributed by atoms with E-state index in [1.165, 1.54) is 6.21 Å². The van der Waals surface area contributed by atoms with Crippen LogP contribution in [0.25, 0.3) is 0 Å². The Balaban J connectivity index is 1.66. The molecule has 0 bridgehead atoms. The van der Waals surface area contributed by atoms with E-state index in [-0.39, 0.29) is 19.1 Å². The van der Waals surface area contributed by atoms with Crippen molar-refractivity contribution in [3.05, 3.63) is 65.7 Å². The minimum Gasteiger partial charge on any atom is -0.484 e. The van der Waals surface area contributed by atoms with Crippen LogP contribution >= 0.6 is 0 Å². The average molecular weight is 325 g/mol. The first-order chi connectivity index (χ1) is 11.6. The number of rotatable bonds is 7. The minimum atomic E-state index is -0.411. The van der Waals surface area contributed by atoms with Crippen LogP contribution in [0.4, 0.5) is 0 Å². The summed E-state index contributed by atoms with van der Waals surface area (Å²) in [5, 5.41) is 6.28. The summed E-state index contributed by atoms with van der Waals surface area (Å²) < 4.78 is 5.35. The molecule has 2 N–H and O–H groups in total. The van der Waals surface area contributed by atoms with E-state index < -0.39 is 5.91 Å². The molecule has 2 aromatic carbocycles. The summed E-state index contributed by atoms with van der Waals surface area (Å²) in [7, 11) is 0. The Kier molecular flexibility index (Phi) is 6.52. The predicted octanol–water partition coefficient (Wildman–Crippen LogP) is 1.64. The van der Waals surface area contributed by atoms with Crippen molar-refractivity contribution in [2.24, 2.45) is 5.10 Å². The third-order valence-electron chi connectivity index (χ3n) is 3.01. The highest BCUT2D eigenvalue weighted by Gasteiger charge is 2.05. The fourth-order valence-corrected chi connectivity index (χ4v) is 1.84. The van der Waals surface area contributed by atoms with E-state index in [0.717, 1.165) is 11.1 Å². The van der Waals surface area contributed by atoms with Gasteiger partial charge in [0.25, 0.3) is 11.8 Å². The van der Waals surface area contributed by atoms with E-state index in [9.17, 15) is 9.59 Å². The average Bonchev–Trinajstić information content (AvgIpc) is 2.59. The van der Waals surface area contributed by atoms with Gasteiger partial charge < -0.3 is 10.1 Å². The Labute approximate surface area is 140 Å². The number of nitrogens with zero attached hydrogens (tertiary/aromatic N) is 1. The van der Waals surface area contributed by atoms with Gasteiger partial charge in [0.15, 0.2) is 6.61 Å². The zero-order chi connectivity index (χ0) is 17.2. The Morgan fingerprint density at radius 3 is 2.62 bits per heavy atom. The number of nitrogens with one attached hydrogen (secondary N) is 2. The summed E-state index contributed by atoms with van der Waals surface area (Å²) in [6.45, 7) is 1.62. The van der Waals surface area contributed by atoms with Gasteiger partial charge in [0, 0.05) is 0 Å². The Bertz CT molecular complexity index is 714. The van der Waals surface area contributed by atoms with E-state index in [1.807, 2.05) is 55.5 Å². The molecule has 124 valence electrons. The maximum atomic E-state index is 11.6. The van der Waals surface area contributed by atoms with Crippen molar-refractivity contribution in [2.45, 2.75) is 6.92 Å². The molecule has 0 fully saturated rings. The highest BCUT2D eigenvalue weighted by atomic mass is 16.5. The predicted molar refractivity (Wildman–Crippen MR) is 91.9 cm³/mol. The van der Waals surface area contributed by atoms with Crippen LogP contribution in [-0.4, -0.2) is 31.2 Å². The lowest BCUT2D eigenvalue weighted by Crippen LogP contribution is -2.37. The quantitative estimate of drug-likeness (QED) is 0.600. The molecule has 0 aromatic heterocycles. The number of carbonyl (C=O) groups is 2. The molecule has 0 unspecified atom stereocenters. The van der Waals surface area contributed by atoms with E-state index in [1.54, 1.807) is 6.07 Å². The molecule has 6 nitrogen and oxygen atoms in total. The molecule has 24 heavy (non-hydrogen) atoms. The van der Waals surface area contributed by atoms with Crippen LogP contribution in [0.3, 0.4) is 0 Å². The first kappa shape index (κ1) is 17.2. The van der Waals surface area contributed by atoms with Gasteiger partial charge in [-0.1, -0.05) is 42.5 Å². The van der Waals surface area contributed by atoms with Gasteiger partial charge in [0.1, 0.15) is 5.75 Å². The summed E-state index contributed by atoms with van der Waals surface area (Å²) in [6, 6.07) is 16.7. The summed E-state index contributed by atoms with van der Waals surface area (Å²) in [5.41, 5.74) is 4.26. The number of hydrogen-bond acceptors (Lipinski definition) is 4. The van der Waals surface area contributed by atoms with Gasteiger partial charge in [-0.15, -0.1) is 0 Å². The molecule has 2 rings (SSSR count). The standard InChI is InChI=1S/C18H19N3O3/c1-14-6-5-9-16(10-14)24-13-18(23)19-12-17(22)21-20-11-15-7-3-2-4-8-15/h2-11H,12-13H2,1H3,(H,19,23)(H,21,22)/b20-11-. The zero-order valence-electron chi connectivity index (χ0n) is 13.4. The second-order valence-corrected chi connectivity index (χ2v) is 5.09. The normalized spacial score (nSPS) is 10.4. The van der Waals surface area contributed by atoms with E-state index in [2.05, 4.69) is 15.8 Å². The van der Waals surface area contributed by atoms with Crippen LogP contribution in [0.15, 0.2) is 59.7 Å². The summed E-state index contributed by atoms with van der Waals surface area (Å²) in [6.07, 6.45) is 1.53. The fraction of sp³-hybridized carbons (Fsp3) is 0.167. The van der Waals surface area contributed by atoms with Gasteiger partial charge in [0.05, 0.1) is 12.8 Å². The van der Waals surface area contributed by atoms with Gasteiger partial charge in [-0.05, 0) is 30.2 Å². The first-order valence-electron chi connectivity index (χ1n) is 7.46. The molecular weight excluding hydrogens is 306 g/mol. The summed E-state index contributed by atoms with van der Waals surface area (Å²) >= 11 is 0. The molecule has 0 aliphatic carbocycles. The number of amides is 2. The van der Waals surface area contributed by atoms with E-state index >= 15 is 0 Å². The minimum absolute atomic E-state index is 0.149. The Hall–Kier alpha value is -3.15. The van der Waals surface area contributed by atoms with Gasteiger partial charge in [-0.2, -0.15) is 5.10 Å². The van der Waals surface area contributed by atoms with Crippen molar-refractivity contribution in [1.82, 2.24) is 10.7 Å². The van der Waals surface area contributed by atoms with Crippen LogP contribution in [0.1, 0.15) is 11.1 Å². The lowest BCUT2D eigenvalue weighted by Gasteiger charge is -2.07. The summed E-state index contributed by atoms with van der Waals surface area (Å²) in [5.74, 6) is -0.174. The molecule has 0 aliphatic heterocycles. The van der Waals surface area contributed by atoms with Crippen LogP contribution < -0.4 is 15.5 Å². The molecule has 0 saturated heterocycles. The van der Waals surface area contributed by atoms with E-state index in [4.69, 9.17) is 4.74 Å². The highest BCUT2D eigenvalue weighted by molar-refractivity contribution is 5.86. The monoisotopic (exact) mass is 325 g/mol. The smallest absolute Gasteiger partial charge is 0.259 e. The van der Waals surface area contributed by atoms with Gasteiger partial charge in [0.2, 0.25) is 0 Å². The molecule has 0 spiro atoms. The lowest BCUT2D eigenvalue weighted by molar-refractivity contribution is -0.127. The zero-order valence-corrected chi connectivity index (χ0v) is 13.4. The Morgan fingerprint density at radius 1 is 1.08 bits per heavy atom. The SMILES string of the molecule is Cc1cccc(OCC(=O)NCC(=O)N/N=C\c2ccccc2)c1. The second kappa shape index (κ2) is 9.09. The molecule has 0 radical (unpaired) electrons. The van der Waals surface area contributed by atoms with E-state index in [0.29, 0.717) is 5.75 Å². The van der Waals surface area contributed by atoms with Crippen molar-refractivity contribution in [3.8, 4) is 5.75 Å². The highest BCUT2D eigenvalue weighted by Crippen LogP contribution is 2.11. The van der Waals surface area contributed by atoms with Crippen LogP contribution in [0, 0.1) is 6.92 Å². The largest absolute Gasteiger partial charge is 0.484 e. The van der Waals surface area contributed by atoms with Crippen LogP contribution in [0.2, 0.25) is 0 Å². The van der Waals surface area contributed by atoms with Gasteiger partial charge in [-0.3, -0.25) is 9.59 Å². The molecule has 0 aliphatic rings.